The van der Waals surface area contributed by atoms with Gasteiger partial charge in [-0.05, 0) is 49.2 Å². The fourth-order valence-electron chi connectivity index (χ4n) is 3.44. The zero-order valence-electron chi connectivity index (χ0n) is 15.1. The number of aromatic nitrogens is 1. The zero-order valence-corrected chi connectivity index (χ0v) is 15.9. The summed E-state index contributed by atoms with van der Waals surface area (Å²) >= 11 is 1.66. The van der Waals surface area contributed by atoms with Crippen LogP contribution in [-0.4, -0.2) is 16.9 Å². The normalized spacial score (nSPS) is 18.7. The molecule has 28 heavy (non-hydrogen) atoms. The lowest BCUT2D eigenvalue weighted by Crippen LogP contribution is -2.29. The number of thiazole rings is 1. The van der Waals surface area contributed by atoms with Crippen molar-refractivity contribution >= 4 is 44.9 Å². The van der Waals surface area contributed by atoms with E-state index in [0.29, 0.717) is 17.8 Å². The summed E-state index contributed by atoms with van der Waals surface area (Å²) in [7, 11) is 0. The number of hydrogen-bond acceptors (Lipinski definition) is 4. The van der Waals surface area contributed by atoms with E-state index in [1.807, 2.05) is 18.2 Å². The monoisotopic (exact) mass is 392 g/mol. The number of benzene rings is 2. The summed E-state index contributed by atoms with van der Waals surface area (Å²) in [6.45, 7) is 0. The van der Waals surface area contributed by atoms with Crippen LogP contribution in [0.25, 0.3) is 10.2 Å². The summed E-state index contributed by atoms with van der Waals surface area (Å²) in [5, 5.41) is 6.49. The van der Waals surface area contributed by atoms with Gasteiger partial charge >= 0.3 is 6.03 Å². The third-order valence-electron chi connectivity index (χ3n) is 4.82. The molecule has 3 amide bonds. The number of allylic oxidation sites excluding steroid dienone is 2. The highest BCUT2D eigenvalue weighted by atomic mass is 32.1. The summed E-state index contributed by atoms with van der Waals surface area (Å²) in [6.07, 6.45) is 5.69. The SMILES string of the molecule is NC(=O)Nc1ccc(NC(=O)C2CC=CCC2c2nc3ccccc3s2)cc1. The van der Waals surface area contributed by atoms with Crippen LogP contribution < -0.4 is 16.4 Å². The molecule has 4 rings (SSSR count). The molecule has 0 saturated heterocycles. The molecule has 1 heterocycles. The van der Waals surface area contributed by atoms with E-state index in [1.165, 1.54) is 0 Å². The molecule has 1 aromatic heterocycles. The molecule has 0 aliphatic heterocycles. The fraction of sp³-hybridized carbons (Fsp3) is 0.190. The first kappa shape index (κ1) is 18.2. The number of fused-ring (bicyclic) bond motifs is 1. The second kappa shape index (κ2) is 7.82. The maximum Gasteiger partial charge on any atom is 0.316 e. The predicted molar refractivity (Wildman–Crippen MR) is 113 cm³/mol. The third-order valence-corrected chi connectivity index (χ3v) is 5.99. The highest BCUT2D eigenvalue weighted by Gasteiger charge is 2.32. The van der Waals surface area contributed by atoms with E-state index in [4.69, 9.17) is 10.7 Å². The Morgan fingerprint density at radius 2 is 1.64 bits per heavy atom. The van der Waals surface area contributed by atoms with Gasteiger partial charge in [-0.2, -0.15) is 0 Å². The quantitative estimate of drug-likeness (QED) is 0.571. The Morgan fingerprint density at radius 1 is 0.964 bits per heavy atom. The third kappa shape index (κ3) is 3.89. The number of nitrogens with one attached hydrogen (secondary N) is 2. The van der Waals surface area contributed by atoms with Crippen molar-refractivity contribution in [2.24, 2.45) is 11.7 Å². The first-order valence-electron chi connectivity index (χ1n) is 9.08. The van der Waals surface area contributed by atoms with Crippen LogP contribution in [0.2, 0.25) is 0 Å². The van der Waals surface area contributed by atoms with Crippen LogP contribution in [0.15, 0.2) is 60.7 Å². The molecular formula is C21H20N4O2S. The van der Waals surface area contributed by atoms with E-state index in [-0.39, 0.29) is 17.7 Å². The Balaban J connectivity index is 1.51. The number of anilines is 2. The lowest BCUT2D eigenvalue weighted by atomic mass is 9.82. The zero-order chi connectivity index (χ0) is 19.5. The molecule has 4 N–H and O–H groups in total. The topological polar surface area (TPSA) is 97.1 Å². The summed E-state index contributed by atoms with van der Waals surface area (Å²) in [5.74, 6) is -0.128. The van der Waals surface area contributed by atoms with Crippen LogP contribution in [-0.2, 0) is 4.79 Å². The van der Waals surface area contributed by atoms with Gasteiger partial charge in [-0.1, -0.05) is 24.3 Å². The van der Waals surface area contributed by atoms with Crippen molar-refractivity contribution in [3.8, 4) is 0 Å². The van der Waals surface area contributed by atoms with E-state index in [2.05, 4.69) is 28.9 Å². The molecule has 0 fully saturated rings. The maximum absolute atomic E-state index is 13.0. The van der Waals surface area contributed by atoms with Crippen molar-refractivity contribution in [3.63, 3.8) is 0 Å². The van der Waals surface area contributed by atoms with Crippen molar-refractivity contribution in [1.29, 1.82) is 0 Å². The molecule has 0 radical (unpaired) electrons. The summed E-state index contributed by atoms with van der Waals surface area (Å²) in [4.78, 5) is 28.6. The summed E-state index contributed by atoms with van der Waals surface area (Å²) in [6, 6.07) is 14.3. The number of urea groups is 1. The van der Waals surface area contributed by atoms with Crippen LogP contribution in [0.4, 0.5) is 16.2 Å². The number of para-hydroxylation sites is 1. The van der Waals surface area contributed by atoms with Crippen LogP contribution in [0.1, 0.15) is 23.8 Å². The lowest BCUT2D eigenvalue weighted by Gasteiger charge is -2.26. The predicted octanol–water partition coefficient (Wildman–Crippen LogP) is 4.48. The molecular weight excluding hydrogens is 372 g/mol. The fourth-order valence-corrected chi connectivity index (χ4v) is 4.59. The van der Waals surface area contributed by atoms with E-state index in [1.54, 1.807) is 35.6 Å². The Morgan fingerprint density at radius 3 is 2.36 bits per heavy atom. The average Bonchev–Trinajstić information content (AvgIpc) is 3.13. The highest BCUT2D eigenvalue weighted by Crippen LogP contribution is 2.39. The number of amides is 3. The smallest absolute Gasteiger partial charge is 0.316 e. The Kier molecular flexibility index (Phi) is 5.08. The van der Waals surface area contributed by atoms with Crippen molar-refractivity contribution in [2.45, 2.75) is 18.8 Å². The van der Waals surface area contributed by atoms with E-state index < -0.39 is 6.03 Å². The highest BCUT2D eigenvalue weighted by molar-refractivity contribution is 7.18. The number of carbonyl (C=O) groups excluding carboxylic acids is 2. The molecule has 1 aliphatic rings. The van der Waals surface area contributed by atoms with E-state index in [9.17, 15) is 9.59 Å². The lowest BCUT2D eigenvalue weighted by molar-refractivity contribution is -0.120. The van der Waals surface area contributed by atoms with Gasteiger partial charge in [0.15, 0.2) is 0 Å². The molecule has 3 aromatic rings. The molecule has 0 saturated carbocycles. The van der Waals surface area contributed by atoms with Crippen molar-refractivity contribution in [3.05, 3.63) is 65.7 Å². The van der Waals surface area contributed by atoms with Gasteiger partial charge in [-0.25, -0.2) is 9.78 Å². The molecule has 2 atom stereocenters. The van der Waals surface area contributed by atoms with Crippen LogP contribution in [0, 0.1) is 5.92 Å². The Bertz CT molecular complexity index is 1010. The molecule has 7 heteroatoms. The largest absolute Gasteiger partial charge is 0.351 e. The van der Waals surface area contributed by atoms with Gasteiger partial charge in [-0.15, -0.1) is 11.3 Å². The number of nitrogens with zero attached hydrogens (tertiary/aromatic N) is 1. The van der Waals surface area contributed by atoms with Gasteiger partial charge < -0.3 is 16.4 Å². The minimum atomic E-state index is -0.621. The van der Waals surface area contributed by atoms with Gasteiger partial charge in [0.05, 0.1) is 21.1 Å². The van der Waals surface area contributed by atoms with Gasteiger partial charge in [0.1, 0.15) is 0 Å². The number of nitrogens with two attached hydrogens (primary N) is 1. The minimum absolute atomic E-state index is 0.0239. The second-order valence-corrected chi connectivity index (χ2v) is 7.79. The molecule has 6 nitrogen and oxygen atoms in total. The van der Waals surface area contributed by atoms with Crippen LogP contribution >= 0.6 is 11.3 Å². The van der Waals surface area contributed by atoms with Gasteiger partial charge in [0.25, 0.3) is 0 Å². The number of primary amides is 1. The Labute approximate surface area is 166 Å². The van der Waals surface area contributed by atoms with Gasteiger partial charge in [0, 0.05) is 17.3 Å². The first-order chi connectivity index (χ1) is 13.6. The molecule has 0 spiro atoms. The maximum atomic E-state index is 13.0. The first-order valence-corrected chi connectivity index (χ1v) is 9.89. The molecule has 142 valence electrons. The molecule has 2 unspecified atom stereocenters. The second-order valence-electron chi connectivity index (χ2n) is 6.73. The summed E-state index contributed by atoms with van der Waals surface area (Å²) < 4.78 is 1.14. The van der Waals surface area contributed by atoms with Crippen molar-refractivity contribution in [1.82, 2.24) is 4.98 Å². The molecule has 0 bridgehead atoms. The van der Waals surface area contributed by atoms with Crippen molar-refractivity contribution in [2.75, 3.05) is 10.6 Å². The van der Waals surface area contributed by atoms with Gasteiger partial charge in [-0.3, -0.25) is 4.79 Å². The van der Waals surface area contributed by atoms with E-state index in [0.717, 1.165) is 21.6 Å². The summed E-state index contributed by atoms with van der Waals surface area (Å²) in [5.41, 5.74) is 7.35. The van der Waals surface area contributed by atoms with Crippen LogP contribution in [0.3, 0.4) is 0 Å². The molecule has 1 aliphatic carbocycles. The standard InChI is InChI=1S/C21H20N4O2S/c22-21(27)24-14-11-9-13(10-12-14)23-19(26)15-5-1-2-6-16(15)20-25-17-7-3-4-8-18(17)28-20/h1-4,7-12,15-16H,5-6H2,(H,23,26)(H3,22,24,27). The molecule has 2 aromatic carbocycles. The van der Waals surface area contributed by atoms with Crippen LogP contribution in [0.5, 0.6) is 0 Å². The Hall–Kier alpha value is -3.19. The number of hydrogen-bond donors (Lipinski definition) is 3. The minimum Gasteiger partial charge on any atom is -0.351 e. The average molecular weight is 392 g/mol. The van der Waals surface area contributed by atoms with Crippen molar-refractivity contribution < 1.29 is 9.59 Å². The van der Waals surface area contributed by atoms with Gasteiger partial charge in [0.2, 0.25) is 5.91 Å². The van der Waals surface area contributed by atoms with E-state index >= 15 is 0 Å². The number of carbonyl (C=O) groups is 2. The number of rotatable bonds is 4.